The smallest absolute Gasteiger partial charge is 0.164 e. The third kappa shape index (κ3) is 1.36. The fraction of sp³-hybridized carbons (Fsp3) is 1.00. The number of nitrogens with two attached hydrogens (primary N) is 1. The number of hydrogen-bond acceptors (Lipinski definition) is 4. The molecule has 0 spiro atoms. The molecule has 0 radical (unpaired) electrons. The van der Waals surface area contributed by atoms with Crippen molar-refractivity contribution in [2.75, 3.05) is 24.7 Å². The number of fused-ring (bicyclic) bond motifs is 1. The van der Waals surface area contributed by atoms with Crippen molar-refractivity contribution in [3.63, 3.8) is 0 Å². The normalized spacial score (nSPS) is 40.1. The van der Waals surface area contributed by atoms with Gasteiger partial charge in [0, 0.05) is 12.6 Å². The standard InChI is InChI=1S/C7H14N2O2S/c8-2-6-1-7-4-12(10,11)5-9(7)3-6/h6-7H,1-5,8H2. The minimum atomic E-state index is -2.75. The van der Waals surface area contributed by atoms with Crippen LogP contribution in [0.5, 0.6) is 0 Å². The van der Waals surface area contributed by atoms with Crippen LogP contribution in [0, 0.1) is 5.92 Å². The van der Waals surface area contributed by atoms with Crippen molar-refractivity contribution in [3.8, 4) is 0 Å². The van der Waals surface area contributed by atoms with Gasteiger partial charge in [0.1, 0.15) is 5.88 Å². The SMILES string of the molecule is NCC1CC2CS(=O)(=O)CN2C1. The lowest BCUT2D eigenvalue weighted by atomic mass is 10.1. The van der Waals surface area contributed by atoms with Crippen LogP contribution in [0.4, 0.5) is 0 Å². The molecule has 2 aliphatic rings. The fourth-order valence-electron chi connectivity index (χ4n) is 2.19. The van der Waals surface area contributed by atoms with E-state index in [9.17, 15) is 8.42 Å². The monoisotopic (exact) mass is 190 g/mol. The van der Waals surface area contributed by atoms with Crippen LogP contribution in [0.25, 0.3) is 0 Å². The number of sulfone groups is 1. The van der Waals surface area contributed by atoms with Gasteiger partial charge >= 0.3 is 0 Å². The van der Waals surface area contributed by atoms with Crippen LogP contribution in [0.3, 0.4) is 0 Å². The molecule has 2 heterocycles. The maximum atomic E-state index is 11.2. The molecule has 4 nitrogen and oxygen atoms in total. The van der Waals surface area contributed by atoms with E-state index < -0.39 is 9.84 Å². The van der Waals surface area contributed by atoms with Crippen LogP contribution >= 0.6 is 0 Å². The van der Waals surface area contributed by atoms with Gasteiger partial charge in [-0.25, -0.2) is 8.42 Å². The number of hydrogen-bond donors (Lipinski definition) is 1. The molecule has 70 valence electrons. The molecule has 2 rings (SSSR count). The Balaban J connectivity index is 2.07. The zero-order valence-electron chi connectivity index (χ0n) is 6.94. The molecule has 0 aromatic carbocycles. The molecule has 12 heavy (non-hydrogen) atoms. The molecule has 2 fully saturated rings. The summed E-state index contributed by atoms with van der Waals surface area (Å²) in [4.78, 5) is 2.05. The maximum Gasteiger partial charge on any atom is 0.164 e. The van der Waals surface area contributed by atoms with Crippen LogP contribution in [-0.4, -0.2) is 44.1 Å². The molecular formula is C7H14N2O2S. The van der Waals surface area contributed by atoms with Gasteiger partial charge in [0.2, 0.25) is 0 Å². The van der Waals surface area contributed by atoms with Crippen molar-refractivity contribution in [3.05, 3.63) is 0 Å². The Labute approximate surface area is 72.6 Å². The van der Waals surface area contributed by atoms with Crippen molar-refractivity contribution in [1.29, 1.82) is 0 Å². The first kappa shape index (κ1) is 8.47. The Kier molecular flexibility index (Phi) is 1.89. The lowest BCUT2D eigenvalue weighted by Gasteiger charge is -2.10. The molecule has 0 amide bonds. The van der Waals surface area contributed by atoms with Crippen molar-refractivity contribution in [1.82, 2.24) is 4.90 Å². The Morgan fingerprint density at radius 1 is 1.50 bits per heavy atom. The molecule has 2 N–H and O–H groups in total. The van der Waals surface area contributed by atoms with Crippen LogP contribution < -0.4 is 5.73 Å². The quantitative estimate of drug-likeness (QED) is 0.577. The summed E-state index contributed by atoms with van der Waals surface area (Å²) in [5.74, 6) is 1.13. The van der Waals surface area contributed by atoms with E-state index in [1.807, 2.05) is 4.90 Å². The van der Waals surface area contributed by atoms with Gasteiger partial charge in [-0.05, 0) is 18.9 Å². The summed E-state index contributed by atoms with van der Waals surface area (Å²) in [5, 5.41) is 0. The summed E-state index contributed by atoms with van der Waals surface area (Å²) in [6.07, 6.45) is 0.968. The third-order valence-corrected chi connectivity index (χ3v) is 4.37. The molecule has 0 aromatic rings. The molecule has 0 saturated carbocycles. The lowest BCUT2D eigenvalue weighted by molar-refractivity contribution is 0.331. The van der Waals surface area contributed by atoms with Gasteiger partial charge in [-0.15, -0.1) is 0 Å². The van der Waals surface area contributed by atoms with Gasteiger partial charge in [-0.3, -0.25) is 4.90 Å². The van der Waals surface area contributed by atoms with E-state index in [0.29, 0.717) is 18.2 Å². The third-order valence-electron chi connectivity index (χ3n) is 2.76. The summed E-state index contributed by atoms with van der Waals surface area (Å²) in [7, 11) is -2.75. The molecule has 0 bridgehead atoms. The summed E-state index contributed by atoms with van der Waals surface area (Å²) >= 11 is 0. The van der Waals surface area contributed by atoms with Gasteiger partial charge < -0.3 is 5.73 Å². The van der Waals surface area contributed by atoms with Gasteiger partial charge in [0.15, 0.2) is 9.84 Å². The molecule has 2 unspecified atom stereocenters. The van der Waals surface area contributed by atoms with E-state index in [1.165, 1.54) is 0 Å². The van der Waals surface area contributed by atoms with Gasteiger partial charge in [-0.1, -0.05) is 0 Å². The zero-order chi connectivity index (χ0) is 8.77. The molecular weight excluding hydrogens is 176 g/mol. The van der Waals surface area contributed by atoms with E-state index in [2.05, 4.69) is 0 Å². The second-order valence-electron chi connectivity index (χ2n) is 3.80. The molecule has 2 aliphatic heterocycles. The lowest BCUT2D eigenvalue weighted by Crippen LogP contribution is -2.25. The van der Waals surface area contributed by atoms with E-state index >= 15 is 0 Å². The summed E-state index contributed by atoms with van der Waals surface area (Å²) in [5.41, 5.74) is 5.53. The highest BCUT2D eigenvalue weighted by atomic mass is 32.2. The molecule has 2 saturated heterocycles. The largest absolute Gasteiger partial charge is 0.330 e. The Morgan fingerprint density at radius 3 is 2.83 bits per heavy atom. The second-order valence-corrected chi connectivity index (χ2v) is 5.88. The highest BCUT2D eigenvalue weighted by Gasteiger charge is 2.41. The van der Waals surface area contributed by atoms with E-state index in [4.69, 9.17) is 5.73 Å². The predicted octanol–water partition coefficient (Wildman–Crippen LogP) is -0.978. The van der Waals surface area contributed by atoms with Crippen LogP contribution in [0.1, 0.15) is 6.42 Å². The highest BCUT2D eigenvalue weighted by molar-refractivity contribution is 7.91. The predicted molar refractivity (Wildman–Crippen MR) is 46.3 cm³/mol. The van der Waals surface area contributed by atoms with Crippen LogP contribution in [0.15, 0.2) is 0 Å². The average Bonchev–Trinajstić information content (AvgIpc) is 2.40. The highest BCUT2D eigenvalue weighted by Crippen LogP contribution is 2.29. The first-order chi connectivity index (χ1) is 5.61. The van der Waals surface area contributed by atoms with E-state index in [-0.39, 0.29) is 11.9 Å². The average molecular weight is 190 g/mol. The van der Waals surface area contributed by atoms with Crippen molar-refractivity contribution < 1.29 is 8.42 Å². The van der Waals surface area contributed by atoms with Crippen LogP contribution in [-0.2, 0) is 9.84 Å². The van der Waals surface area contributed by atoms with E-state index in [0.717, 1.165) is 13.0 Å². The number of rotatable bonds is 1. The minimum absolute atomic E-state index is 0.258. The molecule has 5 heteroatoms. The molecule has 0 aromatic heterocycles. The zero-order valence-corrected chi connectivity index (χ0v) is 7.76. The second kappa shape index (κ2) is 2.68. The first-order valence-corrected chi connectivity index (χ1v) is 6.07. The van der Waals surface area contributed by atoms with Crippen molar-refractivity contribution in [2.45, 2.75) is 12.5 Å². The Morgan fingerprint density at radius 2 is 2.25 bits per heavy atom. The topological polar surface area (TPSA) is 63.4 Å². The Bertz CT molecular complexity index is 255. The molecule has 0 aliphatic carbocycles. The van der Waals surface area contributed by atoms with Crippen molar-refractivity contribution >= 4 is 9.84 Å². The van der Waals surface area contributed by atoms with Gasteiger partial charge in [0.05, 0.1) is 5.75 Å². The first-order valence-electron chi connectivity index (χ1n) is 4.25. The van der Waals surface area contributed by atoms with Gasteiger partial charge in [-0.2, -0.15) is 0 Å². The fourth-order valence-corrected chi connectivity index (χ4v) is 4.05. The minimum Gasteiger partial charge on any atom is -0.330 e. The van der Waals surface area contributed by atoms with Crippen LogP contribution in [0.2, 0.25) is 0 Å². The van der Waals surface area contributed by atoms with E-state index in [1.54, 1.807) is 0 Å². The molecule has 2 atom stereocenters. The summed E-state index contributed by atoms with van der Waals surface area (Å²) in [6, 6.07) is 0.267. The number of nitrogens with zero attached hydrogens (tertiary/aromatic N) is 1. The Hall–Kier alpha value is -0.130. The van der Waals surface area contributed by atoms with Gasteiger partial charge in [0.25, 0.3) is 0 Å². The summed E-state index contributed by atoms with van der Waals surface area (Å²) in [6.45, 7) is 1.56. The van der Waals surface area contributed by atoms with Crippen molar-refractivity contribution in [2.24, 2.45) is 11.7 Å². The summed E-state index contributed by atoms with van der Waals surface area (Å²) < 4.78 is 22.3. The maximum absolute atomic E-state index is 11.2.